The average Bonchev–Trinajstić information content (AvgIpc) is 2.80. The highest BCUT2D eigenvalue weighted by molar-refractivity contribution is 7.89. The maximum absolute atomic E-state index is 13.4. The van der Waals surface area contributed by atoms with Crippen LogP contribution in [0.2, 0.25) is 5.02 Å². The van der Waals surface area contributed by atoms with Crippen molar-refractivity contribution >= 4 is 38.9 Å². The zero-order valence-electron chi connectivity index (χ0n) is 17.5. The number of carbonyl (C=O) groups is 1. The van der Waals surface area contributed by atoms with Gasteiger partial charge in [0.2, 0.25) is 10.0 Å². The highest BCUT2D eigenvalue weighted by atomic mass is 35.5. The number of nitrogens with zero attached hydrogens (tertiary/aromatic N) is 2. The Bertz CT molecular complexity index is 1100. The summed E-state index contributed by atoms with van der Waals surface area (Å²) in [4.78, 5) is 15.2. The summed E-state index contributed by atoms with van der Waals surface area (Å²) in [6, 6.07) is 8.34. The molecule has 0 atom stereocenters. The molecule has 0 bridgehead atoms. The summed E-state index contributed by atoms with van der Waals surface area (Å²) in [7, 11) is -3.74. The van der Waals surface area contributed by atoms with Gasteiger partial charge in [0.15, 0.2) is 0 Å². The molecule has 1 amide bonds. The highest BCUT2D eigenvalue weighted by Crippen LogP contribution is 2.33. The SMILES string of the molecule is O=C(Nc1cc(S(=O)(=O)N2CCOCC2)ccc1N1CCCCC1)c1ccc(F)cc1Cl. The van der Waals surface area contributed by atoms with Crippen molar-refractivity contribution in [3.63, 3.8) is 0 Å². The molecule has 0 aromatic heterocycles. The molecule has 2 saturated heterocycles. The molecule has 0 radical (unpaired) electrons. The van der Waals surface area contributed by atoms with Crippen LogP contribution in [0, 0.1) is 5.82 Å². The van der Waals surface area contributed by atoms with Gasteiger partial charge in [-0.2, -0.15) is 4.31 Å². The van der Waals surface area contributed by atoms with Gasteiger partial charge in [0, 0.05) is 26.2 Å². The van der Waals surface area contributed by atoms with E-state index in [0.29, 0.717) is 18.9 Å². The zero-order chi connectivity index (χ0) is 22.7. The van der Waals surface area contributed by atoms with Crippen LogP contribution in [0.15, 0.2) is 41.3 Å². The van der Waals surface area contributed by atoms with Crippen LogP contribution >= 0.6 is 11.6 Å². The number of ether oxygens (including phenoxy) is 1. The summed E-state index contributed by atoms with van der Waals surface area (Å²) in [5.41, 5.74) is 1.24. The molecule has 2 heterocycles. The van der Waals surface area contributed by atoms with Gasteiger partial charge in [-0.15, -0.1) is 0 Å². The fourth-order valence-corrected chi connectivity index (χ4v) is 5.67. The molecule has 1 N–H and O–H groups in total. The van der Waals surface area contributed by atoms with Gasteiger partial charge in [-0.05, 0) is 55.7 Å². The van der Waals surface area contributed by atoms with E-state index >= 15 is 0 Å². The highest BCUT2D eigenvalue weighted by Gasteiger charge is 2.28. The summed E-state index contributed by atoms with van der Waals surface area (Å²) in [5, 5.41) is 2.79. The lowest BCUT2D eigenvalue weighted by atomic mass is 10.1. The molecule has 0 aliphatic carbocycles. The first-order valence-corrected chi connectivity index (χ1v) is 12.4. The van der Waals surface area contributed by atoms with Crippen LogP contribution in [-0.4, -0.2) is 58.0 Å². The number of halogens is 2. The molecule has 0 unspecified atom stereocenters. The van der Waals surface area contributed by atoms with Gasteiger partial charge in [0.25, 0.3) is 5.91 Å². The predicted octanol–water partition coefficient (Wildman–Crippen LogP) is 3.74. The number of hydrogen-bond acceptors (Lipinski definition) is 5. The number of hydrogen-bond donors (Lipinski definition) is 1. The Balaban J connectivity index is 1.69. The molecule has 0 spiro atoms. The normalized spacial score (nSPS) is 17.9. The number of morpholine rings is 1. The maximum Gasteiger partial charge on any atom is 0.257 e. The summed E-state index contributed by atoms with van der Waals surface area (Å²) in [6.45, 7) is 2.88. The monoisotopic (exact) mass is 481 g/mol. The Labute approximate surface area is 192 Å². The van der Waals surface area contributed by atoms with E-state index in [0.717, 1.165) is 50.2 Å². The fraction of sp³-hybridized carbons (Fsp3) is 0.409. The smallest absolute Gasteiger partial charge is 0.257 e. The van der Waals surface area contributed by atoms with Crippen molar-refractivity contribution in [1.82, 2.24) is 4.31 Å². The van der Waals surface area contributed by atoms with Crippen molar-refractivity contribution in [3.8, 4) is 0 Å². The molecule has 10 heteroatoms. The third kappa shape index (κ3) is 4.91. The van der Waals surface area contributed by atoms with Gasteiger partial charge in [0.1, 0.15) is 5.82 Å². The van der Waals surface area contributed by atoms with Crippen LogP contribution in [0.25, 0.3) is 0 Å². The zero-order valence-corrected chi connectivity index (χ0v) is 19.1. The van der Waals surface area contributed by atoms with Crippen molar-refractivity contribution in [1.29, 1.82) is 0 Å². The molecule has 4 rings (SSSR count). The first-order chi connectivity index (χ1) is 15.4. The van der Waals surface area contributed by atoms with Gasteiger partial charge in [-0.1, -0.05) is 11.6 Å². The average molecular weight is 482 g/mol. The van der Waals surface area contributed by atoms with E-state index < -0.39 is 21.7 Å². The number of benzene rings is 2. The van der Waals surface area contributed by atoms with Crippen LogP contribution < -0.4 is 10.2 Å². The molecule has 32 heavy (non-hydrogen) atoms. The van der Waals surface area contributed by atoms with E-state index in [2.05, 4.69) is 10.2 Å². The second-order valence-electron chi connectivity index (χ2n) is 7.82. The molecular formula is C22H25ClFN3O4S. The number of amides is 1. The van der Waals surface area contributed by atoms with Crippen molar-refractivity contribution in [3.05, 3.63) is 52.8 Å². The van der Waals surface area contributed by atoms with Gasteiger partial charge in [-0.25, -0.2) is 12.8 Å². The molecule has 2 fully saturated rings. The standard InChI is InChI=1S/C22H25ClFN3O4S/c23-19-14-16(24)4-6-18(19)22(28)25-20-15-17(32(29,30)27-10-12-31-13-11-27)5-7-21(20)26-8-2-1-3-9-26/h4-7,14-15H,1-3,8-13H2,(H,25,28). The van der Waals surface area contributed by atoms with Crippen LogP contribution in [0.3, 0.4) is 0 Å². The Hall–Kier alpha value is -2.20. The van der Waals surface area contributed by atoms with Crippen molar-refractivity contribution in [2.24, 2.45) is 0 Å². The number of nitrogens with one attached hydrogen (secondary N) is 1. The Morgan fingerprint density at radius 3 is 2.41 bits per heavy atom. The number of anilines is 2. The van der Waals surface area contributed by atoms with Crippen LogP contribution in [0.5, 0.6) is 0 Å². The first-order valence-electron chi connectivity index (χ1n) is 10.6. The van der Waals surface area contributed by atoms with Gasteiger partial charge in [-0.3, -0.25) is 4.79 Å². The Morgan fingerprint density at radius 1 is 1.00 bits per heavy atom. The second-order valence-corrected chi connectivity index (χ2v) is 10.2. The molecule has 2 aromatic carbocycles. The first kappa shape index (κ1) is 23.0. The summed E-state index contributed by atoms with van der Waals surface area (Å²) < 4.78 is 46.4. The summed E-state index contributed by atoms with van der Waals surface area (Å²) in [6.07, 6.45) is 3.17. The molecule has 172 valence electrons. The number of rotatable bonds is 5. The Kier molecular flexibility index (Phi) is 6.99. The van der Waals surface area contributed by atoms with Crippen LogP contribution in [0.4, 0.5) is 15.8 Å². The third-order valence-corrected chi connectivity index (χ3v) is 7.90. The van der Waals surface area contributed by atoms with E-state index in [9.17, 15) is 17.6 Å². The second kappa shape index (κ2) is 9.74. The van der Waals surface area contributed by atoms with Crippen LogP contribution in [0.1, 0.15) is 29.6 Å². The lowest BCUT2D eigenvalue weighted by molar-refractivity contribution is 0.0730. The third-order valence-electron chi connectivity index (χ3n) is 5.70. The largest absolute Gasteiger partial charge is 0.379 e. The fourth-order valence-electron chi connectivity index (χ4n) is 3.99. The van der Waals surface area contributed by atoms with Crippen molar-refractivity contribution in [2.45, 2.75) is 24.2 Å². The van der Waals surface area contributed by atoms with E-state index in [1.165, 1.54) is 16.4 Å². The van der Waals surface area contributed by atoms with E-state index in [1.807, 2.05) is 0 Å². The minimum atomic E-state index is -3.74. The lowest BCUT2D eigenvalue weighted by Gasteiger charge is -2.31. The van der Waals surface area contributed by atoms with Crippen LogP contribution in [-0.2, 0) is 14.8 Å². The van der Waals surface area contributed by atoms with E-state index in [4.69, 9.17) is 16.3 Å². The predicted molar refractivity (Wildman–Crippen MR) is 121 cm³/mol. The van der Waals surface area contributed by atoms with Gasteiger partial charge < -0.3 is 15.0 Å². The van der Waals surface area contributed by atoms with Gasteiger partial charge >= 0.3 is 0 Å². The van der Waals surface area contributed by atoms with Crippen molar-refractivity contribution < 1.29 is 22.3 Å². The number of carbonyl (C=O) groups excluding carboxylic acids is 1. The molecule has 2 aliphatic heterocycles. The van der Waals surface area contributed by atoms with Gasteiger partial charge in [0.05, 0.1) is 40.1 Å². The summed E-state index contributed by atoms with van der Waals surface area (Å²) in [5.74, 6) is -1.08. The Morgan fingerprint density at radius 2 is 1.72 bits per heavy atom. The van der Waals surface area contributed by atoms with Crippen molar-refractivity contribution in [2.75, 3.05) is 49.6 Å². The maximum atomic E-state index is 13.4. The minimum Gasteiger partial charge on any atom is -0.379 e. The lowest BCUT2D eigenvalue weighted by Crippen LogP contribution is -2.40. The molecule has 2 aliphatic rings. The summed E-state index contributed by atoms with van der Waals surface area (Å²) >= 11 is 6.06. The minimum absolute atomic E-state index is 0.0147. The molecule has 0 saturated carbocycles. The molecule has 2 aromatic rings. The number of piperidine rings is 1. The molecule has 7 nitrogen and oxygen atoms in total. The topological polar surface area (TPSA) is 79.0 Å². The quantitative estimate of drug-likeness (QED) is 0.703. The number of sulfonamides is 1. The molecular weight excluding hydrogens is 457 g/mol. The van der Waals surface area contributed by atoms with E-state index in [1.54, 1.807) is 12.1 Å². The van der Waals surface area contributed by atoms with E-state index in [-0.39, 0.29) is 28.6 Å².